The van der Waals surface area contributed by atoms with Crippen LogP contribution in [-0.4, -0.2) is 50.5 Å². The van der Waals surface area contributed by atoms with E-state index in [2.05, 4.69) is 5.10 Å². The van der Waals surface area contributed by atoms with Crippen LogP contribution in [0.1, 0.15) is 35.3 Å². The Morgan fingerprint density at radius 3 is 2.81 bits per heavy atom. The molecule has 0 radical (unpaired) electrons. The summed E-state index contributed by atoms with van der Waals surface area (Å²) in [5.74, 6) is 0.424. The first-order valence-electron chi connectivity index (χ1n) is 8.31. The van der Waals surface area contributed by atoms with Crippen molar-refractivity contribution in [3.63, 3.8) is 0 Å². The number of aryl methyl sites for hydroxylation is 1. The van der Waals surface area contributed by atoms with Gasteiger partial charge in [-0.15, -0.1) is 0 Å². The summed E-state index contributed by atoms with van der Waals surface area (Å²) in [6.45, 7) is 1.91. The summed E-state index contributed by atoms with van der Waals surface area (Å²) in [5.41, 5.74) is 1.09. The van der Waals surface area contributed by atoms with Crippen molar-refractivity contribution in [3.05, 3.63) is 47.8 Å². The molecule has 26 heavy (non-hydrogen) atoms. The largest absolute Gasteiger partial charge is 0.294 e. The van der Waals surface area contributed by atoms with E-state index in [0.717, 1.165) is 0 Å². The third-order valence-electron chi connectivity index (χ3n) is 4.42. The van der Waals surface area contributed by atoms with Crippen LogP contribution < -0.4 is 0 Å². The normalized spacial score (nSPS) is 21.6. The molecule has 2 heterocycles. The molecular weight excluding hydrogens is 374 g/mol. The Morgan fingerprint density at radius 1 is 1.38 bits per heavy atom. The number of sulfonamides is 1. The van der Waals surface area contributed by atoms with Gasteiger partial charge in [-0.05, 0) is 12.1 Å². The molecule has 1 aliphatic rings. The third-order valence-corrected chi connectivity index (χ3v) is 7.65. The third kappa shape index (κ3) is 3.65. The second kappa shape index (κ2) is 7.42. The van der Waals surface area contributed by atoms with Gasteiger partial charge in [-0.2, -0.15) is 9.40 Å². The van der Waals surface area contributed by atoms with Crippen molar-refractivity contribution in [2.24, 2.45) is 7.05 Å². The molecule has 0 amide bonds. The van der Waals surface area contributed by atoms with E-state index in [0.29, 0.717) is 23.3 Å². The minimum atomic E-state index is -3.83. The molecule has 0 saturated carbocycles. The van der Waals surface area contributed by atoms with E-state index in [1.165, 1.54) is 16.4 Å². The molecule has 0 spiro atoms. The molecule has 9 heteroatoms. The molecular formula is C17H21N3O4S2. The number of carbonyl (C=O) groups excluding carboxylic acids is 1. The second-order valence-electron chi connectivity index (χ2n) is 6.19. The van der Waals surface area contributed by atoms with Crippen molar-refractivity contribution in [1.29, 1.82) is 0 Å². The highest BCUT2D eigenvalue weighted by atomic mass is 32.2. The van der Waals surface area contributed by atoms with Crippen LogP contribution in [0.3, 0.4) is 0 Å². The minimum absolute atomic E-state index is 0.0818. The maximum absolute atomic E-state index is 13.2. The van der Waals surface area contributed by atoms with Crippen molar-refractivity contribution < 1.29 is 17.4 Å². The Hall–Kier alpha value is -1.84. The van der Waals surface area contributed by atoms with Gasteiger partial charge in [0.15, 0.2) is 5.78 Å². The van der Waals surface area contributed by atoms with Gasteiger partial charge in [0.25, 0.3) is 0 Å². The average Bonchev–Trinajstić information content (AvgIpc) is 3.07. The summed E-state index contributed by atoms with van der Waals surface area (Å²) in [6, 6.07) is 5.58. The molecule has 2 aromatic rings. The van der Waals surface area contributed by atoms with Crippen LogP contribution in [0.4, 0.5) is 0 Å². The van der Waals surface area contributed by atoms with Crippen LogP contribution in [0.15, 0.2) is 41.6 Å². The van der Waals surface area contributed by atoms with Crippen LogP contribution in [0.2, 0.25) is 0 Å². The van der Waals surface area contributed by atoms with E-state index in [1.54, 1.807) is 43.2 Å². The molecule has 1 aromatic heterocycles. The number of Topliss-reactive ketones (excluding diaryl/α,β-unsaturated/α-hetero) is 1. The number of aromatic nitrogens is 2. The van der Waals surface area contributed by atoms with Crippen LogP contribution in [0.25, 0.3) is 0 Å². The highest BCUT2D eigenvalue weighted by molar-refractivity contribution is 7.89. The highest BCUT2D eigenvalue weighted by Crippen LogP contribution is 2.31. The van der Waals surface area contributed by atoms with E-state index in [1.807, 2.05) is 0 Å². The van der Waals surface area contributed by atoms with Gasteiger partial charge in [0, 0.05) is 59.6 Å². The minimum Gasteiger partial charge on any atom is -0.294 e. The van der Waals surface area contributed by atoms with E-state index < -0.39 is 26.9 Å². The molecule has 1 aromatic carbocycles. The molecule has 3 rings (SSSR count). The lowest BCUT2D eigenvalue weighted by Crippen LogP contribution is -2.44. The first-order chi connectivity index (χ1) is 12.3. The maximum atomic E-state index is 13.2. The van der Waals surface area contributed by atoms with E-state index in [9.17, 15) is 17.4 Å². The van der Waals surface area contributed by atoms with Gasteiger partial charge >= 0.3 is 0 Å². The van der Waals surface area contributed by atoms with Crippen molar-refractivity contribution in [3.8, 4) is 0 Å². The summed E-state index contributed by atoms with van der Waals surface area (Å²) in [4.78, 5) is 12.0. The van der Waals surface area contributed by atoms with E-state index in [-0.39, 0.29) is 23.0 Å². The molecule has 1 fully saturated rings. The zero-order chi connectivity index (χ0) is 18.9. The number of carbonyl (C=O) groups is 1. The monoisotopic (exact) mass is 395 g/mol. The van der Waals surface area contributed by atoms with Gasteiger partial charge in [-0.25, -0.2) is 8.42 Å². The van der Waals surface area contributed by atoms with Crippen molar-refractivity contribution >= 4 is 26.6 Å². The van der Waals surface area contributed by atoms with Gasteiger partial charge in [-0.3, -0.25) is 13.7 Å². The number of hydrogen-bond acceptors (Lipinski definition) is 5. The standard InChI is InChI=1S/C17H21N3O4S2/c1-3-17(21)13-5-4-6-15(9-13)26(23,24)20-7-8-25(22)12-16(20)14-10-18-19(2)11-14/h4-6,9-11,16H,3,7-8,12H2,1-2H3/t16-,25+/m0/s1. The van der Waals surface area contributed by atoms with Gasteiger partial charge in [0.1, 0.15) is 0 Å². The molecule has 0 aliphatic carbocycles. The summed E-state index contributed by atoms with van der Waals surface area (Å²) in [6.07, 6.45) is 3.66. The molecule has 7 nitrogen and oxygen atoms in total. The fourth-order valence-corrected chi connectivity index (χ4v) is 6.18. The molecule has 140 valence electrons. The number of rotatable bonds is 5. The molecule has 0 unspecified atom stereocenters. The average molecular weight is 396 g/mol. The number of ketones is 1. The van der Waals surface area contributed by atoms with Gasteiger partial charge in [-0.1, -0.05) is 19.1 Å². The van der Waals surface area contributed by atoms with Crippen molar-refractivity contribution in [2.45, 2.75) is 24.3 Å². The number of benzene rings is 1. The Morgan fingerprint density at radius 2 is 2.15 bits per heavy atom. The zero-order valence-corrected chi connectivity index (χ0v) is 16.3. The van der Waals surface area contributed by atoms with Crippen LogP contribution in [-0.2, 0) is 27.9 Å². The Balaban J connectivity index is 2.01. The lowest BCUT2D eigenvalue weighted by atomic mass is 10.1. The zero-order valence-electron chi connectivity index (χ0n) is 14.7. The second-order valence-corrected chi connectivity index (χ2v) is 9.71. The molecule has 0 N–H and O–H groups in total. The van der Waals surface area contributed by atoms with Crippen LogP contribution in [0.5, 0.6) is 0 Å². The topological polar surface area (TPSA) is 89.3 Å². The first kappa shape index (κ1) is 18.9. The maximum Gasteiger partial charge on any atom is 0.243 e. The van der Waals surface area contributed by atoms with Crippen LogP contribution >= 0.6 is 0 Å². The predicted octanol–water partition coefficient (Wildman–Crippen LogP) is 1.51. The van der Waals surface area contributed by atoms with Gasteiger partial charge in [0.2, 0.25) is 10.0 Å². The number of nitrogens with zero attached hydrogens (tertiary/aromatic N) is 3. The SMILES string of the molecule is CCC(=O)c1cccc(S(=O)(=O)N2CC[S@@](=O)C[C@H]2c2cnn(C)c2)c1. The van der Waals surface area contributed by atoms with Crippen molar-refractivity contribution in [1.82, 2.24) is 14.1 Å². The Bertz CT molecular complexity index is 952. The van der Waals surface area contributed by atoms with E-state index in [4.69, 9.17) is 0 Å². The van der Waals surface area contributed by atoms with Gasteiger partial charge in [0.05, 0.1) is 17.1 Å². The molecule has 2 atom stereocenters. The highest BCUT2D eigenvalue weighted by Gasteiger charge is 2.37. The smallest absolute Gasteiger partial charge is 0.243 e. The predicted molar refractivity (Wildman–Crippen MR) is 98.8 cm³/mol. The fourth-order valence-electron chi connectivity index (χ4n) is 3.02. The summed E-state index contributed by atoms with van der Waals surface area (Å²) in [5, 5.41) is 4.11. The van der Waals surface area contributed by atoms with Crippen molar-refractivity contribution in [2.75, 3.05) is 18.1 Å². The number of hydrogen-bond donors (Lipinski definition) is 0. The lowest BCUT2D eigenvalue weighted by Gasteiger charge is -2.33. The summed E-state index contributed by atoms with van der Waals surface area (Å²) < 4.78 is 41.5. The lowest BCUT2D eigenvalue weighted by molar-refractivity contribution is 0.0988. The quantitative estimate of drug-likeness (QED) is 0.716. The Kier molecular flexibility index (Phi) is 5.40. The first-order valence-corrected chi connectivity index (χ1v) is 11.2. The fraction of sp³-hybridized carbons (Fsp3) is 0.412. The Labute approximate surface area is 155 Å². The van der Waals surface area contributed by atoms with Gasteiger partial charge < -0.3 is 0 Å². The summed E-state index contributed by atoms with van der Waals surface area (Å²) in [7, 11) is -3.16. The molecule has 1 saturated heterocycles. The summed E-state index contributed by atoms with van der Waals surface area (Å²) >= 11 is 0. The van der Waals surface area contributed by atoms with Crippen LogP contribution in [0, 0.1) is 0 Å². The molecule has 0 bridgehead atoms. The van der Waals surface area contributed by atoms with E-state index >= 15 is 0 Å². The molecule has 1 aliphatic heterocycles.